The Hall–Kier alpha value is -0.870. The van der Waals surface area contributed by atoms with Crippen LogP contribution in [0.15, 0.2) is 12.4 Å². The van der Waals surface area contributed by atoms with Crippen LogP contribution >= 0.6 is 0 Å². The molecular weight excluding hydrogens is 224 g/mol. The van der Waals surface area contributed by atoms with E-state index in [1.807, 2.05) is 6.20 Å². The zero-order valence-corrected chi connectivity index (χ0v) is 11.9. The van der Waals surface area contributed by atoms with Gasteiger partial charge in [-0.2, -0.15) is 5.10 Å². The molecule has 102 valence electrons. The molecule has 18 heavy (non-hydrogen) atoms. The molecule has 2 heterocycles. The molecule has 0 spiro atoms. The first-order valence-corrected chi connectivity index (χ1v) is 7.02. The lowest BCUT2D eigenvalue weighted by atomic mass is 9.90. The van der Waals surface area contributed by atoms with Gasteiger partial charge in [0.1, 0.15) is 0 Å². The summed E-state index contributed by atoms with van der Waals surface area (Å²) in [6, 6.07) is 0. The first kappa shape index (κ1) is 13.6. The fraction of sp³-hybridized carbons (Fsp3) is 0.786. The maximum absolute atomic E-state index is 4.45. The topological polar surface area (TPSA) is 33.1 Å². The van der Waals surface area contributed by atoms with Crippen LogP contribution in [0.1, 0.15) is 32.8 Å². The van der Waals surface area contributed by atoms with Gasteiger partial charge < -0.3 is 10.2 Å². The van der Waals surface area contributed by atoms with Crippen LogP contribution in [0.3, 0.4) is 0 Å². The number of rotatable bonds is 4. The number of nitrogens with one attached hydrogen (secondary N) is 1. The maximum atomic E-state index is 4.45. The van der Waals surface area contributed by atoms with Crippen molar-refractivity contribution in [1.29, 1.82) is 0 Å². The normalized spacial score (nSPS) is 18.2. The van der Waals surface area contributed by atoms with Crippen molar-refractivity contribution in [2.75, 3.05) is 32.7 Å². The molecule has 4 heteroatoms. The molecule has 0 atom stereocenters. The highest BCUT2D eigenvalue weighted by atomic mass is 15.3. The largest absolute Gasteiger partial charge is 0.314 e. The fourth-order valence-electron chi connectivity index (χ4n) is 2.26. The van der Waals surface area contributed by atoms with Crippen molar-refractivity contribution < 1.29 is 0 Å². The van der Waals surface area contributed by atoms with E-state index in [1.54, 1.807) is 0 Å². The molecule has 0 aromatic carbocycles. The molecule has 0 bridgehead atoms. The van der Waals surface area contributed by atoms with Gasteiger partial charge in [0.05, 0.1) is 6.20 Å². The second kappa shape index (κ2) is 5.85. The monoisotopic (exact) mass is 250 g/mol. The van der Waals surface area contributed by atoms with E-state index in [1.165, 1.54) is 31.6 Å². The van der Waals surface area contributed by atoms with Crippen LogP contribution in [0.2, 0.25) is 0 Å². The zero-order valence-electron chi connectivity index (χ0n) is 11.9. The summed E-state index contributed by atoms with van der Waals surface area (Å²) in [7, 11) is 0. The Morgan fingerprint density at radius 3 is 2.56 bits per heavy atom. The Labute approximate surface area is 110 Å². The van der Waals surface area contributed by atoms with Gasteiger partial charge in [-0.15, -0.1) is 0 Å². The van der Waals surface area contributed by atoms with Gasteiger partial charge >= 0.3 is 0 Å². The predicted molar refractivity (Wildman–Crippen MR) is 74.9 cm³/mol. The summed E-state index contributed by atoms with van der Waals surface area (Å²) in [5, 5.41) is 7.83. The number of hydrogen-bond donors (Lipinski definition) is 1. The van der Waals surface area contributed by atoms with Gasteiger partial charge in [-0.25, -0.2) is 0 Å². The van der Waals surface area contributed by atoms with Crippen LogP contribution in [0.4, 0.5) is 0 Å². The van der Waals surface area contributed by atoms with Crippen LogP contribution in [-0.4, -0.2) is 47.4 Å². The Kier molecular flexibility index (Phi) is 4.40. The van der Waals surface area contributed by atoms with Gasteiger partial charge in [0, 0.05) is 38.9 Å². The summed E-state index contributed by atoms with van der Waals surface area (Å²) in [6.07, 6.45) is 5.38. The van der Waals surface area contributed by atoms with Crippen LogP contribution < -0.4 is 5.32 Å². The molecule has 0 radical (unpaired) electrons. The molecule has 0 unspecified atom stereocenters. The van der Waals surface area contributed by atoms with E-state index >= 15 is 0 Å². The summed E-state index contributed by atoms with van der Waals surface area (Å²) in [5.74, 6) is 0. The summed E-state index contributed by atoms with van der Waals surface area (Å²) in [4.78, 5) is 2.53. The van der Waals surface area contributed by atoms with E-state index in [0.29, 0.717) is 0 Å². The zero-order chi connectivity index (χ0) is 13.0. The maximum Gasteiger partial charge on any atom is 0.0527 e. The average Bonchev–Trinajstić information content (AvgIpc) is 2.79. The fourth-order valence-corrected chi connectivity index (χ4v) is 2.26. The standard InChI is InChI=1S/C14H26N4/c1-14(2,3)13-11-16-18(12-13)8-4-7-17-9-5-15-6-10-17/h11-12,15H,4-10H2,1-3H3. The van der Waals surface area contributed by atoms with Gasteiger partial charge in [0.2, 0.25) is 0 Å². The minimum absolute atomic E-state index is 0.205. The highest BCUT2D eigenvalue weighted by Gasteiger charge is 2.15. The van der Waals surface area contributed by atoms with E-state index in [4.69, 9.17) is 0 Å². The van der Waals surface area contributed by atoms with Crippen LogP contribution in [0.25, 0.3) is 0 Å². The third kappa shape index (κ3) is 3.82. The Morgan fingerprint density at radius 2 is 1.94 bits per heavy atom. The number of aromatic nitrogens is 2. The molecule has 0 amide bonds. The summed E-state index contributed by atoms with van der Waals surface area (Å²) < 4.78 is 2.09. The second-order valence-corrected chi connectivity index (χ2v) is 6.19. The van der Waals surface area contributed by atoms with Crippen LogP contribution in [-0.2, 0) is 12.0 Å². The Bertz CT molecular complexity index is 358. The van der Waals surface area contributed by atoms with Gasteiger partial charge in [-0.1, -0.05) is 20.8 Å². The quantitative estimate of drug-likeness (QED) is 0.878. The van der Waals surface area contributed by atoms with Crippen molar-refractivity contribution in [3.63, 3.8) is 0 Å². The molecule has 0 aliphatic carbocycles. The van der Waals surface area contributed by atoms with Crippen LogP contribution in [0, 0.1) is 0 Å². The first-order chi connectivity index (χ1) is 8.55. The Morgan fingerprint density at radius 1 is 1.22 bits per heavy atom. The summed E-state index contributed by atoms with van der Waals surface area (Å²) in [5.41, 5.74) is 1.53. The molecule has 1 aromatic rings. The van der Waals surface area contributed by atoms with Gasteiger partial charge in [0.25, 0.3) is 0 Å². The molecule has 1 aliphatic rings. The second-order valence-electron chi connectivity index (χ2n) is 6.19. The van der Waals surface area contributed by atoms with E-state index in [9.17, 15) is 0 Å². The lowest BCUT2D eigenvalue weighted by Crippen LogP contribution is -2.43. The van der Waals surface area contributed by atoms with Crippen molar-refractivity contribution in [3.05, 3.63) is 18.0 Å². The van der Waals surface area contributed by atoms with E-state index in [2.05, 4.69) is 47.0 Å². The van der Waals surface area contributed by atoms with Crippen molar-refractivity contribution in [3.8, 4) is 0 Å². The van der Waals surface area contributed by atoms with E-state index in [0.717, 1.165) is 19.6 Å². The molecule has 2 rings (SSSR count). The molecule has 1 fully saturated rings. The van der Waals surface area contributed by atoms with Crippen molar-refractivity contribution in [1.82, 2.24) is 20.0 Å². The van der Waals surface area contributed by atoms with E-state index < -0.39 is 0 Å². The number of nitrogens with zero attached hydrogens (tertiary/aromatic N) is 3. The lowest BCUT2D eigenvalue weighted by molar-refractivity contribution is 0.233. The Balaban J connectivity index is 1.74. The molecule has 1 saturated heterocycles. The molecule has 1 aromatic heterocycles. The molecule has 4 nitrogen and oxygen atoms in total. The average molecular weight is 250 g/mol. The summed E-state index contributed by atoms with van der Waals surface area (Å²) >= 11 is 0. The number of piperazine rings is 1. The smallest absolute Gasteiger partial charge is 0.0527 e. The molecule has 1 aliphatic heterocycles. The third-order valence-corrected chi connectivity index (χ3v) is 3.57. The minimum atomic E-state index is 0.205. The SMILES string of the molecule is CC(C)(C)c1cnn(CCCN2CCNCC2)c1. The first-order valence-electron chi connectivity index (χ1n) is 7.02. The minimum Gasteiger partial charge on any atom is -0.314 e. The van der Waals surface area contributed by atoms with Gasteiger partial charge in [-0.05, 0) is 23.9 Å². The van der Waals surface area contributed by atoms with Gasteiger partial charge in [0.15, 0.2) is 0 Å². The van der Waals surface area contributed by atoms with Crippen molar-refractivity contribution in [2.45, 2.75) is 39.2 Å². The lowest BCUT2D eigenvalue weighted by Gasteiger charge is -2.26. The van der Waals surface area contributed by atoms with Crippen LogP contribution in [0.5, 0.6) is 0 Å². The van der Waals surface area contributed by atoms with Gasteiger partial charge in [-0.3, -0.25) is 4.68 Å². The molecular formula is C14H26N4. The van der Waals surface area contributed by atoms with Crippen molar-refractivity contribution in [2.24, 2.45) is 0 Å². The predicted octanol–water partition coefficient (Wildman–Crippen LogP) is 1.48. The van der Waals surface area contributed by atoms with E-state index in [-0.39, 0.29) is 5.41 Å². The molecule has 0 saturated carbocycles. The number of hydrogen-bond acceptors (Lipinski definition) is 3. The highest BCUT2D eigenvalue weighted by molar-refractivity contribution is 5.14. The summed E-state index contributed by atoms with van der Waals surface area (Å²) in [6.45, 7) is 13.6. The van der Waals surface area contributed by atoms with Crippen molar-refractivity contribution >= 4 is 0 Å². The number of aryl methyl sites for hydroxylation is 1. The highest BCUT2D eigenvalue weighted by Crippen LogP contribution is 2.20. The third-order valence-electron chi connectivity index (χ3n) is 3.57. The molecule has 1 N–H and O–H groups in total.